The lowest BCUT2D eigenvalue weighted by atomic mass is 10.0. The van der Waals surface area contributed by atoms with Crippen molar-refractivity contribution in [2.24, 2.45) is 0 Å². The lowest BCUT2D eigenvalue weighted by Gasteiger charge is -2.06. The van der Waals surface area contributed by atoms with Gasteiger partial charge in [0.1, 0.15) is 12.1 Å². The second-order valence-electron chi connectivity index (χ2n) is 5.70. The normalized spacial score (nSPS) is 16.4. The van der Waals surface area contributed by atoms with Gasteiger partial charge in [-0.2, -0.15) is 0 Å². The molecule has 1 atom stereocenters. The summed E-state index contributed by atoms with van der Waals surface area (Å²) in [7, 11) is 0. The zero-order valence-corrected chi connectivity index (χ0v) is 14.2. The minimum Gasteiger partial charge on any atom is -0.612 e. The largest absolute Gasteiger partial charge is 0.612 e. The third-order valence-electron chi connectivity index (χ3n) is 4.23. The van der Waals surface area contributed by atoms with Crippen LogP contribution in [0.4, 0.5) is 4.39 Å². The van der Waals surface area contributed by atoms with Crippen LogP contribution in [0.25, 0.3) is 17.2 Å². The Morgan fingerprint density at radius 3 is 2.50 bits per heavy atom. The number of halogens is 1. The molecule has 0 saturated heterocycles. The highest BCUT2D eigenvalue weighted by Gasteiger charge is 2.24. The van der Waals surface area contributed by atoms with Gasteiger partial charge in [0.25, 0.3) is 0 Å². The van der Waals surface area contributed by atoms with Crippen molar-refractivity contribution in [3.8, 4) is 0 Å². The number of allylic oxidation sites excluding steroid dienone is 3. The lowest BCUT2D eigenvalue weighted by Crippen LogP contribution is -1.96. The first kappa shape index (κ1) is 16.7. The van der Waals surface area contributed by atoms with E-state index in [1.54, 1.807) is 12.3 Å². The number of carbonyl (C=O) groups excluding carboxylic acids is 1. The van der Waals surface area contributed by atoms with Crippen LogP contribution < -0.4 is 0 Å². The molecule has 0 bridgehead atoms. The van der Waals surface area contributed by atoms with E-state index in [0.717, 1.165) is 38.3 Å². The summed E-state index contributed by atoms with van der Waals surface area (Å²) in [5.41, 5.74) is 5.39. The summed E-state index contributed by atoms with van der Waals surface area (Å²) in [6.45, 7) is 1.94. The molecule has 121 valence electrons. The van der Waals surface area contributed by atoms with Gasteiger partial charge in [-0.3, -0.25) is 4.79 Å². The van der Waals surface area contributed by atoms with Gasteiger partial charge in [-0.15, -0.1) is 0 Å². The highest BCUT2D eigenvalue weighted by molar-refractivity contribution is 7.90. The molecule has 1 aliphatic rings. The van der Waals surface area contributed by atoms with Crippen molar-refractivity contribution in [2.75, 3.05) is 6.26 Å². The van der Waals surface area contributed by atoms with E-state index in [0.29, 0.717) is 0 Å². The fourth-order valence-electron chi connectivity index (χ4n) is 2.98. The summed E-state index contributed by atoms with van der Waals surface area (Å²) in [5, 5.41) is 0. The maximum atomic E-state index is 13.6. The Morgan fingerprint density at radius 2 is 1.88 bits per heavy atom. The van der Waals surface area contributed by atoms with Gasteiger partial charge in [-0.1, -0.05) is 6.07 Å². The molecule has 0 saturated carbocycles. The van der Waals surface area contributed by atoms with E-state index in [2.05, 4.69) is 0 Å². The van der Waals surface area contributed by atoms with E-state index >= 15 is 0 Å². The summed E-state index contributed by atoms with van der Waals surface area (Å²) in [5.74, 6) is -0.319. The molecule has 0 aliphatic heterocycles. The molecule has 0 amide bonds. The highest BCUT2D eigenvalue weighted by Crippen LogP contribution is 2.43. The molecule has 0 spiro atoms. The first-order chi connectivity index (χ1) is 11.5. The standard InChI is InChI=1S/C20H16FO2S/c1-13-17(9-10-22)20-12-15(21)5-8-18(20)19(13)11-14-3-6-16(7-4-14)24(2)23/h3-8,11-12H,9H2,1-2H3/b19-11+. The summed E-state index contributed by atoms with van der Waals surface area (Å²) in [6.07, 6.45) is 5.71. The highest BCUT2D eigenvalue weighted by atomic mass is 32.2. The quantitative estimate of drug-likeness (QED) is 0.775. The smallest absolute Gasteiger partial charge is 0.203 e. The van der Waals surface area contributed by atoms with Gasteiger partial charge in [0.05, 0.1) is 0 Å². The van der Waals surface area contributed by atoms with Crippen LogP contribution in [0, 0.1) is 5.82 Å². The van der Waals surface area contributed by atoms with Crippen LogP contribution in [0.5, 0.6) is 0 Å². The van der Waals surface area contributed by atoms with E-state index in [1.807, 2.05) is 43.6 Å². The van der Waals surface area contributed by atoms with E-state index < -0.39 is 11.2 Å². The fourth-order valence-corrected chi connectivity index (χ4v) is 3.50. The van der Waals surface area contributed by atoms with Gasteiger partial charge >= 0.3 is 0 Å². The SMILES string of the molecule is CC1=C(C[C]=O)c2cc(F)ccc2/C1=C/c1ccc([S+](C)[O-])cc1. The molecule has 0 fully saturated rings. The Kier molecular flexibility index (Phi) is 4.69. The first-order valence-electron chi connectivity index (χ1n) is 7.52. The second kappa shape index (κ2) is 6.75. The van der Waals surface area contributed by atoms with E-state index in [1.165, 1.54) is 12.1 Å². The third-order valence-corrected chi connectivity index (χ3v) is 5.16. The van der Waals surface area contributed by atoms with E-state index in [9.17, 15) is 13.7 Å². The van der Waals surface area contributed by atoms with Crippen LogP contribution in [-0.4, -0.2) is 17.1 Å². The number of fused-ring (bicyclic) bond motifs is 1. The molecular weight excluding hydrogens is 323 g/mol. The zero-order chi connectivity index (χ0) is 17.3. The average molecular weight is 339 g/mol. The van der Waals surface area contributed by atoms with Crippen LogP contribution in [0.2, 0.25) is 0 Å². The van der Waals surface area contributed by atoms with Gasteiger partial charge in [-0.05, 0) is 94.0 Å². The number of benzene rings is 2. The Labute approximate surface area is 143 Å². The molecule has 0 N–H and O–H groups in total. The Balaban J connectivity index is 2.08. The maximum Gasteiger partial charge on any atom is 0.203 e. The molecule has 2 aromatic rings. The average Bonchev–Trinajstić information content (AvgIpc) is 2.81. The lowest BCUT2D eigenvalue weighted by molar-refractivity contribution is 0.556. The molecule has 4 heteroatoms. The number of rotatable bonds is 4. The van der Waals surface area contributed by atoms with Crippen molar-refractivity contribution in [1.29, 1.82) is 0 Å². The summed E-state index contributed by atoms with van der Waals surface area (Å²) >= 11 is -1.01. The fraction of sp³-hybridized carbons (Fsp3) is 0.150. The van der Waals surface area contributed by atoms with Crippen LogP contribution in [0.1, 0.15) is 30.0 Å². The number of hydrogen-bond acceptors (Lipinski definition) is 2. The van der Waals surface area contributed by atoms with Crippen molar-refractivity contribution >= 4 is 34.7 Å². The van der Waals surface area contributed by atoms with Gasteiger partial charge in [0.2, 0.25) is 6.29 Å². The molecule has 1 unspecified atom stereocenters. The van der Waals surface area contributed by atoms with Crippen molar-refractivity contribution in [3.63, 3.8) is 0 Å². The van der Waals surface area contributed by atoms with E-state index in [-0.39, 0.29) is 12.2 Å². The minimum atomic E-state index is -1.01. The van der Waals surface area contributed by atoms with Gasteiger partial charge in [0.15, 0.2) is 4.90 Å². The summed E-state index contributed by atoms with van der Waals surface area (Å²) in [4.78, 5) is 11.6. The molecule has 1 radical (unpaired) electrons. The molecule has 2 aromatic carbocycles. The molecule has 24 heavy (non-hydrogen) atoms. The van der Waals surface area contributed by atoms with Crippen LogP contribution in [-0.2, 0) is 16.0 Å². The Hall–Kier alpha value is -2.17. The van der Waals surface area contributed by atoms with Crippen molar-refractivity contribution in [2.45, 2.75) is 18.2 Å². The summed E-state index contributed by atoms with van der Waals surface area (Å²) < 4.78 is 25.1. The zero-order valence-electron chi connectivity index (χ0n) is 13.4. The molecule has 0 heterocycles. The van der Waals surface area contributed by atoms with Crippen LogP contribution in [0.3, 0.4) is 0 Å². The van der Waals surface area contributed by atoms with E-state index in [4.69, 9.17) is 0 Å². The van der Waals surface area contributed by atoms with Crippen molar-refractivity contribution < 1.29 is 13.7 Å². The Morgan fingerprint density at radius 1 is 1.17 bits per heavy atom. The Bertz CT molecular complexity index is 848. The monoisotopic (exact) mass is 339 g/mol. The van der Waals surface area contributed by atoms with Gasteiger partial charge in [-0.25, -0.2) is 4.39 Å². The molecule has 2 nitrogen and oxygen atoms in total. The van der Waals surface area contributed by atoms with Crippen molar-refractivity contribution in [3.05, 3.63) is 70.5 Å². The topological polar surface area (TPSA) is 40.1 Å². The predicted octanol–water partition coefficient (Wildman–Crippen LogP) is 4.39. The predicted molar refractivity (Wildman–Crippen MR) is 95.9 cm³/mol. The molecular formula is C20H16FO2S. The molecule has 1 aliphatic carbocycles. The number of hydrogen-bond donors (Lipinski definition) is 0. The second-order valence-corrected chi connectivity index (χ2v) is 7.08. The summed E-state index contributed by atoms with van der Waals surface area (Å²) in [6, 6.07) is 12.1. The molecule has 0 aromatic heterocycles. The van der Waals surface area contributed by atoms with Crippen molar-refractivity contribution in [1.82, 2.24) is 0 Å². The minimum absolute atomic E-state index is 0.146. The molecule has 3 rings (SSSR count). The third kappa shape index (κ3) is 3.07. The van der Waals surface area contributed by atoms with Gasteiger partial charge in [0, 0.05) is 6.42 Å². The van der Waals surface area contributed by atoms with Gasteiger partial charge < -0.3 is 4.55 Å². The maximum absolute atomic E-state index is 13.6. The first-order valence-corrected chi connectivity index (χ1v) is 9.07. The van der Waals surface area contributed by atoms with Crippen LogP contribution in [0.15, 0.2) is 52.9 Å². The van der Waals surface area contributed by atoms with Crippen LogP contribution >= 0.6 is 0 Å².